The van der Waals surface area contributed by atoms with Crippen LogP contribution in [0, 0.1) is 0 Å². The van der Waals surface area contributed by atoms with Crippen molar-refractivity contribution in [3.63, 3.8) is 0 Å². The second-order valence-electron chi connectivity index (χ2n) is 1.12. The Labute approximate surface area is 44.1 Å². The molecule has 0 aliphatic rings. The SMILES string of the molecule is C=C(C)CO.Cl. The molecule has 1 nitrogen and oxygen atoms in total. The molecule has 0 rings (SSSR count). The highest BCUT2D eigenvalue weighted by atomic mass is 35.5. The molecule has 0 aromatic heterocycles. The van der Waals surface area contributed by atoms with E-state index in [1.165, 1.54) is 0 Å². The van der Waals surface area contributed by atoms with Gasteiger partial charge in [-0.2, -0.15) is 0 Å². The lowest BCUT2D eigenvalue weighted by molar-refractivity contribution is 0.332. The first-order valence-corrected chi connectivity index (χ1v) is 1.52. The normalized spacial score (nSPS) is 6.33. The molecule has 0 heterocycles. The molecule has 0 spiro atoms. The fraction of sp³-hybridized carbons (Fsp3) is 0.500. The van der Waals surface area contributed by atoms with Crippen LogP contribution in [0.2, 0.25) is 0 Å². The largest absolute Gasteiger partial charge is 0.392 e. The van der Waals surface area contributed by atoms with Crippen LogP contribution in [-0.4, -0.2) is 11.7 Å². The van der Waals surface area contributed by atoms with E-state index in [1.54, 1.807) is 6.92 Å². The van der Waals surface area contributed by atoms with Crippen LogP contribution in [0.3, 0.4) is 0 Å². The minimum Gasteiger partial charge on any atom is -0.392 e. The van der Waals surface area contributed by atoms with Crippen molar-refractivity contribution in [3.05, 3.63) is 12.2 Å². The van der Waals surface area contributed by atoms with Gasteiger partial charge in [0.2, 0.25) is 0 Å². The highest BCUT2D eigenvalue weighted by molar-refractivity contribution is 5.85. The molecule has 0 aliphatic heterocycles. The average Bonchev–Trinajstić information content (AvgIpc) is 1.38. The van der Waals surface area contributed by atoms with Gasteiger partial charge in [-0.05, 0) is 6.92 Å². The van der Waals surface area contributed by atoms with Gasteiger partial charge in [0, 0.05) is 0 Å². The molecule has 2 heteroatoms. The van der Waals surface area contributed by atoms with Crippen LogP contribution in [0.25, 0.3) is 0 Å². The van der Waals surface area contributed by atoms with Crippen molar-refractivity contribution >= 4 is 12.4 Å². The van der Waals surface area contributed by atoms with E-state index < -0.39 is 0 Å². The fourth-order valence-corrected chi connectivity index (χ4v) is 0. The number of halogens is 1. The van der Waals surface area contributed by atoms with Crippen LogP contribution in [0.4, 0.5) is 0 Å². The molecule has 0 unspecified atom stereocenters. The Morgan fingerprint density at radius 1 is 1.83 bits per heavy atom. The summed E-state index contributed by atoms with van der Waals surface area (Å²) in [6.45, 7) is 5.31. The summed E-state index contributed by atoms with van der Waals surface area (Å²) >= 11 is 0. The highest BCUT2D eigenvalue weighted by Crippen LogP contribution is 1.76. The smallest absolute Gasteiger partial charge is 0.0636 e. The minimum absolute atomic E-state index is 0. The average molecular weight is 109 g/mol. The van der Waals surface area contributed by atoms with Crippen LogP contribution >= 0.6 is 12.4 Å². The van der Waals surface area contributed by atoms with Gasteiger partial charge < -0.3 is 5.11 Å². The zero-order valence-corrected chi connectivity index (χ0v) is 4.59. The van der Waals surface area contributed by atoms with Crippen molar-refractivity contribution in [1.29, 1.82) is 0 Å². The Morgan fingerprint density at radius 2 is 2.00 bits per heavy atom. The zero-order valence-electron chi connectivity index (χ0n) is 3.77. The predicted octanol–water partition coefficient (Wildman–Crippen LogP) is 0.977. The Bertz CT molecular complexity index is 42.8. The van der Waals surface area contributed by atoms with Crippen LogP contribution in [0.15, 0.2) is 12.2 Å². The molecule has 0 saturated carbocycles. The molecule has 0 aromatic carbocycles. The summed E-state index contributed by atoms with van der Waals surface area (Å²) in [4.78, 5) is 0. The third-order valence-corrected chi connectivity index (χ3v) is 0.270. The first-order chi connectivity index (χ1) is 2.27. The number of rotatable bonds is 1. The van der Waals surface area contributed by atoms with E-state index in [-0.39, 0.29) is 19.0 Å². The second-order valence-corrected chi connectivity index (χ2v) is 1.12. The minimum atomic E-state index is 0. The Balaban J connectivity index is 0. The van der Waals surface area contributed by atoms with E-state index >= 15 is 0 Å². The van der Waals surface area contributed by atoms with Gasteiger partial charge in [-0.15, -0.1) is 12.4 Å². The second kappa shape index (κ2) is 4.99. The molecular formula is C4H9ClO. The Morgan fingerprint density at radius 3 is 2.00 bits per heavy atom. The molecule has 0 aliphatic carbocycles. The standard InChI is InChI=1S/C4H8O.ClH/c1-4(2)3-5;/h5H,1,3H2,2H3;1H. The number of hydrogen-bond donors (Lipinski definition) is 1. The summed E-state index contributed by atoms with van der Waals surface area (Å²) in [5, 5.41) is 8.04. The van der Waals surface area contributed by atoms with E-state index in [0.717, 1.165) is 5.57 Å². The van der Waals surface area contributed by atoms with E-state index in [9.17, 15) is 0 Å². The summed E-state index contributed by atoms with van der Waals surface area (Å²) in [6, 6.07) is 0. The van der Waals surface area contributed by atoms with Gasteiger partial charge in [-0.3, -0.25) is 0 Å². The third-order valence-electron chi connectivity index (χ3n) is 0.270. The summed E-state index contributed by atoms with van der Waals surface area (Å²) in [5.74, 6) is 0. The third kappa shape index (κ3) is 9.01. The monoisotopic (exact) mass is 108 g/mol. The molecular weight excluding hydrogens is 99.5 g/mol. The molecule has 0 radical (unpaired) electrons. The first kappa shape index (κ1) is 9.37. The summed E-state index contributed by atoms with van der Waals surface area (Å²) in [7, 11) is 0. The lowest BCUT2D eigenvalue weighted by Gasteiger charge is -1.79. The molecule has 38 valence electrons. The summed E-state index contributed by atoms with van der Waals surface area (Å²) < 4.78 is 0. The van der Waals surface area contributed by atoms with Gasteiger partial charge in [0.1, 0.15) is 0 Å². The van der Waals surface area contributed by atoms with E-state index in [1.807, 2.05) is 0 Å². The van der Waals surface area contributed by atoms with Crippen LogP contribution in [-0.2, 0) is 0 Å². The Kier molecular flexibility index (Phi) is 7.79. The van der Waals surface area contributed by atoms with Crippen LogP contribution in [0.1, 0.15) is 6.92 Å². The van der Waals surface area contributed by atoms with Gasteiger partial charge in [0.05, 0.1) is 6.61 Å². The first-order valence-electron chi connectivity index (χ1n) is 1.52. The maximum atomic E-state index is 8.04. The summed E-state index contributed by atoms with van der Waals surface area (Å²) in [5.41, 5.74) is 0.810. The molecule has 0 bridgehead atoms. The van der Waals surface area contributed by atoms with Gasteiger partial charge in [-0.1, -0.05) is 12.2 Å². The Hall–Kier alpha value is -0.0100. The maximum Gasteiger partial charge on any atom is 0.0636 e. The topological polar surface area (TPSA) is 20.2 Å². The van der Waals surface area contributed by atoms with Crippen molar-refractivity contribution in [2.24, 2.45) is 0 Å². The van der Waals surface area contributed by atoms with E-state index in [4.69, 9.17) is 5.11 Å². The van der Waals surface area contributed by atoms with Gasteiger partial charge in [0.25, 0.3) is 0 Å². The molecule has 0 atom stereocenters. The van der Waals surface area contributed by atoms with Crippen molar-refractivity contribution < 1.29 is 5.11 Å². The quantitative estimate of drug-likeness (QED) is 0.497. The van der Waals surface area contributed by atoms with Crippen molar-refractivity contribution in [3.8, 4) is 0 Å². The van der Waals surface area contributed by atoms with Gasteiger partial charge >= 0.3 is 0 Å². The zero-order chi connectivity index (χ0) is 4.28. The van der Waals surface area contributed by atoms with Gasteiger partial charge in [-0.25, -0.2) is 0 Å². The fourth-order valence-electron chi connectivity index (χ4n) is 0. The lowest BCUT2D eigenvalue weighted by Crippen LogP contribution is -1.76. The molecule has 0 aromatic rings. The predicted molar refractivity (Wildman–Crippen MR) is 29.1 cm³/mol. The number of aliphatic hydroxyl groups is 1. The molecule has 0 amide bonds. The van der Waals surface area contributed by atoms with Crippen LogP contribution < -0.4 is 0 Å². The van der Waals surface area contributed by atoms with Crippen molar-refractivity contribution in [2.45, 2.75) is 6.92 Å². The van der Waals surface area contributed by atoms with Crippen molar-refractivity contribution in [2.75, 3.05) is 6.61 Å². The van der Waals surface area contributed by atoms with E-state index in [2.05, 4.69) is 6.58 Å². The highest BCUT2D eigenvalue weighted by Gasteiger charge is 1.69. The molecule has 6 heavy (non-hydrogen) atoms. The summed E-state index contributed by atoms with van der Waals surface area (Å²) in [6.07, 6.45) is 0. The van der Waals surface area contributed by atoms with Crippen molar-refractivity contribution in [1.82, 2.24) is 0 Å². The number of hydrogen-bond acceptors (Lipinski definition) is 1. The molecule has 0 fully saturated rings. The van der Waals surface area contributed by atoms with Gasteiger partial charge in [0.15, 0.2) is 0 Å². The van der Waals surface area contributed by atoms with E-state index in [0.29, 0.717) is 0 Å². The molecule has 0 saturated heterocycles. The number of aliphatic hydroxyl groups excluding tert-OH is 1. The lowest BCUT2D eigenvalue weighted by atomic mass is 10.4. The molecule has 1 N–H and O–H groups in total. The maximum absolute atomic E-state index is 8.04. The van der Waals surface area contributed by atoms with Crippen LogP contribution in [0.5, 0.6) is 0 Å².